The molecule has 0 saturated carbocycles. The molecule has 0 N–H and O–H groups in total. The number of para-hydroxylation sites is 1. The SMILES string of the molecule is O=c1c2cccnc2ncn1Cc1ccc(-c2cnc3ccccc3c2)cc1F. The van der Waals surface area contributed by atoms with Crippen LogP contribution in [0, 0.1) is 5.82 Å². The first-order valence-corrected chi connectivity index (χ1v) is 9.13. The van der Waals surface area contributed by atoms with E-state index in [-0.39, 0.29) is 17.9 Å². The number of hydrogen-bond acceptors (Lipinski definition) is 4. The number of aromatic nitrogens is 4. The lowest BCUT2D eigenvalue weighted by molar-refractivity contribution is 0.595. The molecule has 0 amide bonds. The standard InChI is InChI=1S/C23H15FN4O/c24-20-11-15(18-10-16-4-1-2-6-21(16)26-12-18)7-8-17(20)13-28-14-27-22-19(23(28)29)5-3-9-25-22/h1-12,14H,13H2. The van der Waals surface area contributed by atoms with E-state index >= 15 is 0 Å². The predicted octanol–water partition coefficient (Wildman–Crippen LogP) is 4.19. The Kier molecular flexibility index (Phi) is 4.09. The normalized spacial score (nSPS) is 11.2. The molecule has 0 fully saturated rings. The minimum Gasteiger partial charge on any atom is -0.294 e. The highest BCUT2D eigenvalue weighted by Gasteiger charge is 2.10. The summed E-state index contributed by atoms with van der Waals surface area (Å²) in [5.74, 6) is -0.381. The van der Waals surface area contributed by atoms with Crippen molar-refractivity contribution in [2.24, 2.45) is 0 Å². The Bertz CT molecular complexity index is 1430. The molecule has 0 radical (unpaired) electrons. The van der Waals surface area contributed by atoms with Gasteiger partial charge in [0.1, 0.15) is 12.1 Å². The van der Waals surface area contributed by atoms with Crippen molar-refractivity contribution in [1.82, 2.24) is 19.5 Å². The van der Waals surface area contributed by atoms with Gasteiger partial charge in [-0.15, -0.1) is 0 Å². The third-order valence-electron chi connectivity index (χ3n) is 4.91. The van der Waals surface area contributed by atoms with E-state index in [9.17, 15) is 9.18 Å². The van der Waals surface area contributed by atoms with Gasteiger partial charge in [-0.2, -0.15) is 0 Å². The molecule has 2 aromatic carbocycles. The van der Waals surface area contributed by atoms with Crippen LogP contribution in [0.5, 0.6) is 0 Å². The van der Waals surface area contributed by atoms with Gasteiger partial charge >= 0.3 is 0 Å². The van der Waals surface area contributed by atoms with Crippen LogP contribution in [0.4, 0.5) is 4.39 Å². The summed E-state index contributed by atoms with van der Waals surface area (Å²) in [5.41, 5.74) is 3.02. The molecule has 29 heavy (non-hydrogen) atoms. The van der Waals surface area contributed by atoms with E-state index in [1.807, 2.05) is 36.4 Å². The topological polar surface area (TPSA) is 60.7 Å². The Morgan fingerprint density at radius 2 is 1.79 bits per heavy atom. The van der Waals surface area contributed by atoms with E-state index in [1.165, 1.54) is 17.0 Å². The Balaban J connectivity index is 1.50. The maximum atomic E-state index is 14.8. The molecule has 3 heterocycles. The fourth-order valence-corrected chi connectivity index (χ4v) is 3.38. The summed E-state index contributed by atoms with van der Waals surface area (Å²) in [6.07, 6.45) is 4.72. The molecule has 3 aromatic heterocycles. The van der Waals surface area contributed by atoms with Gasteiger partial charge in [-0.3, -0.25) is 14.3 Å². The molecular weight excluding hydrogens is 367 g/mol. The summed E-state index contributed by atoms with van der Waals surface area (Å²) in [6, 6.07) is 18.1. The maximum Gasteiger partial charge on any atom is 0.263 e. The molecule has 5 nitrogen and oxygen atoms in total. The summed E-state index contributed by atoms with van der Waals surface area (Å²) in [5, 5.41) is 1.41. The third kappa shape index (κ3) is 3.14. The molecule has 0 aliphatic carbocycles. The first-order valence-electron chi connectivity index (χ1n) is 9.13. The first kappa shape index (κ1) is 17.2. The van der Waals surface area contributed by atoms with Crippen LogP contribution in [0.3, 0.4) is 0 Å². The molecular formula is C23H15FN4O. The fraction of sp³-hybridized carbons (Fsp3) is 0.0435. The predicted molar refractivity (Wildman–Crippen MR) is 110 cm³/mol. The highest BCUT2D eigenvalue weighted by Crippen LogP contribution is 2.24. The number of hydrogen-bond donors (Lipinski definition) is 0. The lowest BCUT2D eigenvalue weighted by Crippen LogP contribution is -2.21. The zero-order valence-electron chi connectivity index (χ0n) is 15.3. The van der Waals surface area contributed by atoms with Crippen LogP contribution in [0.2, 0.25) is 0 Å². The van der Waals surface area contributed by atoms with Crippen molar-refractivity contribution in [2.45, 2.75) is 6.54 Å². The third-order valence-corrected chi connectivity index (χ3v) is 4.91. The van der Waals surface area contributed by atoms with Crippen molar-refractivity contribution < 1.29 is 4.39 Å². The second-order valence-electron chi connectivity index (χ2n) is 6.78. The lowest BCUT2D eigenvalue weighted by Gasteiger charge is -2.09. The molecule has 6 heteroatoms. The van der Waals surface area contributed by atoms with E-state index in [2.05, 4.69) is 15.0 Å². The summed E-state index contributed by atoms with van der Waals surface area (Å²) >= 11 is 0. The average molecular weight is 382 g/mol. The van der Waals surface area contributed by atoms with Crippen LogP contribution in [0.25, 0.3) is 33.1 Å². The number of nitrogens with zero attached hydrogens (tertiary/aromatic N) is 4. The van der Waals surface area contributed by atoms with Gasteiger partial charge in [0.05, 0.1) is 17.4 Å². The van der Waals surface area contributed by atoms with Gasteiger partial charge in [0.25, 0.3) is 5.56 Å². The van der Waals surface area contributed by atoms with Crippen molar-refractivity contribution in [1.29, 1.82) is 0 Å². The summed E-state index contributed by atoms with van der Waals surface area (Å²) in [4.78, 5) is 25.3. The molecule has 0 atom stereocenters. The smallest absolute Gasteiger partial charge is 0.263 e. The first-order chi connectivity index (χ1) is 14.2. The molecule has 5 aromatic rings. The Hall–Kier alpha value is -3.93. The van der Waals surface area contributed by atoms with Gasteiger partial charge in [-0.25, -0.2) is 14.4 Å². The highest BCUT2D eigenvalue weighted by molar-refractivity contribution is 5.83. The molecule has 5 rings (SSSR count). The Labute approximate surface area is 165 Å². The van der Waals surface area contributed by atoms with Gasteiger partial charge in [-0.1, -0.05) is 30.3 Å². The van der Waals surface area contributed by atoms with Crippen LogP contribution in [-0.2, 0) is 6.54 Å². The summed E-state index contributed by atoms with van der Waals surface area (Å²) in [6.45, 7) is 0.0960. The number of pyridine rings is 2. The summed E-state index contributed by atoms with van der Waals surface area (Å²) in [7, 11) is 0. The van der Waals surface area contributed by atoms with E-state index in [4.69, 9.17) is 0 Å². The van der Waals surface area contributed by atoms with Crippen molar-refractivity contribution in [3.8, 4) is 11.1 Å². The Morgan fingerprint density at radius 1 is 0.897 bits per heavy atom. The van der Waals surface area contributed by atoms with Crippen LogP contribution < -0.4 is 5.56 Å². The zero-order chi connectivity index (χ0) is 19.8. The van der Waals surface area contributed by atoms with Gasteiger partial charge < -0.3 is 0 Å². The molecule has 0 aliphatic rings. The summed E-state index contributed by atoms with van der Waals surface area (Å²) < 4.78 is 16.2. The largest absolute Gasteiger partial charge is 0.294 e. The molecule has 0 bridgehead atoms. The van der Waals surface area contributed by atoms with E-state index in [0.717, 1.165) is 22.0 Å². The van der Waals surface area contributed by atoms with Gasteiger partial charge in [0, 0.05) is 28.9 Å². The number of fused-ring (bicyclic) bond motifs is 2. The molecule has 0 aliphatic heterocycles. The number of halogens is 1. The number of rotatable bonds is 3. The Morgan fingerprint density at radius 3 is 2.69 bits per heavy atom. The second kappa shape index (κ2) is 6.91. The molecule has 140 valence electrons. The van der Waals surface area contributed by atoms with Crippen molar-refractivity contribution >= 4 is 21.9 Å². The van der Waals surface area contributed by atoms with E-state index in [0.29, 0.717) is 16.6 Å². The molecule has 0 saturated heterocycles. The highest BCUT2D eigenvalue weighted by atomic mass is 19.1. The maximum absolute atomic E-state index is 14.8. The van der Waals surface area contributed by atoms with Crippen LogP contribution in [0.1, 0.15) is 5.56 Å². The quantitative estimate of drug-likeness (QED) is 0.469. The van der Waals surface area contributed by atoms with Crippen LogP contribution in [0.15, 0.2) is 84.2 Å². The zero-order valence-corrected chi connectivity index (χ0v) is 15.3. The van der Waals surface area contributed by atoms with Crippen molar-refractivity contribution in [3.63, 3.8) is 0 Å². The number of benzene rings is 2. The fourth-order valence-electron chi connectivity index (χ4n) is 3.38. The lowest BCUT2D eigenvalue weighted by atomic mass is 10.0. The van der Waals surface area contributed by atoms with Crippen LogP contribution >= 0.6 is 0 Å². The van der Waals surface area contributed by atoms with E-state index in [1.54, 1.807) is 30.6 Å². The van der Waals surface area contributed by atoms with Gasteiger partial charge in [-0.05, 0) is 35.9 Å². The van der Waals surface area contributed by atoms with Crippen LogP contribution in [-0.4, -0.2) is 19.5 Å². The monoisotopic (exact) mass is 382 g/mol. The molecule has 0 unspecified atom stereocenters. The van der Waals surface area contributed by atoms with Gasteiger partial charge in [0.15, 0.2) is 5.65 Å². The average Bonchev–Trinajstić information content (AvgIpc) is 2.76. The second-order valence-corrected chi connectivity index (χ2v) is 6.78. The van der Waals surface area contributed by atoms with E-state index < -0.39 is 0 Å². The van der Waals surface area contributed by atoms with Crippen molar-refractivity contribution in [3.05, 3.63) is 101 Å². The van der Waals surface area contributed by atoms with Gasteiger partial charge in [0.2, 0.25) is 0 Å². The minimum atomic E-state index is -0.381. The minimum absolute atomic E-state index is 0.0960. The van der Waals surface area contributed by atoms with Crippen molar-refractivity contribution in [2.75, 3.05) is 0 Å². The molecule has 0 spiro atoms.